The number of carbonyl (C=O) groups is 4. The number of fused-ring (bicyclic) bond motifs is 1. The van der Waals surface area contributed by atoms with E-state index in [1.165, 1.54) is 6.92 Å². The van der Waals surface area contributed by atoms with E-state index in [0.717, 1.165) is 5.56 Å². The lowest BCUT2D eigenvalue weighted by Gasteiger charge is -2.41. The minimum Gasteiger partial charge on any atom is -0.381 e. The quantitative estimate of drug-likeness (QED) is 0.485. The van der Waals surface area contributed by atoms with Gasteiger partial charge in [-0.15, -0.1) is 0 Å². The van der Waals surface area contributed by atoms with Crippen molar-refractivity contribution in [2.24, 2.45) is 17.3 Å². The maximum atomic E-state index is 13.7. The number of likely N-dealkylation sites (tertiary alicyclic amines) is 1. The van der Waals surface area contributed by atoms with Gasteiger partial charge in [0.2, 0.25) is 23.6 Å². The number of carbonyl (C=O) groups excluding carboxylic acids is 4. The first kappa shape index (κ1) is 29.8. The van der Waals surface area contributed by atoms with Crippen molar-refractivity contribution >= 4 is 23.6 Å². The van der Waals surface area contributed by atoms with Crippen LogP contribution in [0.2, 0.25) is 0 Å². The Morgan fingerprint density at radius 1 is 1.10 bits per heavy atom. The number of rotatable bonds is 5. The SMILES string of the molecule is CC(=O)N[C@@H](C(=O)N1CC[C@@H]2NC(=O)[C@@H](Cc3ccccc3)NC(=O)C3(C/C=C/C[C@H]2C1)CCOCC3)C(C)C. The molecule has 40 heavy (non-hydrogen) atoms. The van der Waals surface area contributed by atoms with Gasteiger partial charge in [0.15, 0.2) is 0 Å². The number of allylic oxidation sites excluding steroid dienone is 2. The van der Waals surface area contributed by atoms with Crippen LogP contribution in [0.15, 0.2) is 42.5 Å². The molecule has 1 aromatic rings. The molecule has 0 aliphatic carbocycles. The first-order valence-corrected chi connectivity index (χ1v) is 14.6. The summed E-state index contributed by atoms with van der Waals surface area (Å²) in [5.74, 6) is -0.620. The van der Waals surface area contributed by atoms with Gasteiger partial charge < -0.3 is 25.6 Å². The topological polar surface area (TPSA) is 117 Å². The molecule has 3 aliphatic heterocycles. The number of ether oxygens (including phenoxy) is 1. The summed E-state index contributed by atoms with van der Waals surface area (Å²) in [6.45, 7) is 7.30. The summed E-state index contributed by atoms with van der Waals surface area (Å²) in [6.07, 6.45) is 7.67. The summed E-state index contributed by atoms with van der Waals surface area (Å²) in [5, 5.41) is 9.17. The molecule has 218 valence electrons. The van der Waals surface area contributed by atoms with E-state index in [0.29, 0.717) is 64.8 Å². The predicted octanol–water partition coefficient (Wildman–Crippen LogP) is 2.35. The molecule has 3 aliphatic rings. The second-order valence-corrected chi connectivity index (χ2v) is 11.9. The van der Waals surface area contributed by atoms with E-state index in [1.807, 2.05) is 49.1 Å². The van der Waals surface area contributed by atoms with Crippen molar-refractivity contribution in [3.05, 3.63) is 48.0 Å². The molecule has 1 spiro atoms. The molecule has 0 unspecified atom stereocenters. The van der Waals surface area contributed by atoms with Crippen molar-refractivity contribution in [1.29, 1.82) is 0 Å². The summed E-state index contributed by atoms with van der Waals surface area (Å²) in [4.78, 5) is 54.5. The Morgan fingerprint density at radius 2 is 1.82 bits per heavy atom. The van der Waals surface area contributed by atoms with Gasteiger partial charge in [-0.2, -0.15) is 0 Å². The number of amides is 4. The molecule has 0 bridgehead atoms. The van der Waals surface area contributed by atoms with Gasteiger partial charge in [-0.05, 0) is 43.6 Å². The molecular weight excluding hydrogens is 508 g/mol. The molecule has 3 heterocycles. The highest BCUT2D eigenvalue weighted by Crippen LogP contribution is 2.36. The first-order valence-electron chi connectivity index (χ1n) is 14.6. The Morgan fingerprint density at radius 3 is 2.50 bits per heavy atom. The molecule has 0 saturated carbocycles. The van der Waals surface area contributed by atoms with Crippen molar-refractivity contribution in [2.75, 3.05) is 26.3 Å². The molecule has 0 aromatic heterocycles. The van der Waals surface area contributed by atoms with Gasteiger partial charge in [-0.1, -0.05) is 56.3 Å². The summed E-state index contributed by atoms with van der Waals surface area (Å²) >= 11 is 0. The second kappa shape index (κ2) is 13.4. The molecular formula is C31H44N4O5. The first-order chi connectivity index (χ1) is 19.2. The molecule has 2 fully saturated rings. The Kier molecular flexibility index (Phi) is 10.0. The number of nitrogens with one attached hydrogen (secondary N) is 3. The lowest BCUT2D eigenvalue weighted by molar-refractivity contribution is -0.141. The van der Waals surface area contributed by atoms with Crippen LogP contribution in [0.4, 0.5) is 0 Å². The van der Waals surface area contributed by atoms with Gasteiger partial charge in [-0.3, -0.25) is 19.2 Å². The third-order valence-corrected chi connectivity index (χ3v) is 8.61. The molecule has 9 nitrogen and oxygen atoms in total. The molecule has 0 radical (unpaired) electrons. The summed E-state index contributed by atoms with van der Waals surface area (Å²) in [5.41, 5.74) is 0.366. The van der Waals surface area contributed by atoms with Crippen LogP contribution >= 0.6 is 0 Å². The Bertz CT molecular complexity index is 1080. The molecule has 4 amide bonds. The van der Waals surface area contributed by atoms with Crippen LogP contribution < -0.4 is 16.0 Å². The van der Waals surface area contributed by atoms with E-state index in [9.17, 15) is 19.2 Å². The second-order valence-electron chi connectivity index (χ2n) is 11.9. The lowest BCUT2D eigenvalue weighted by Crippen LogP contribution is -2.60. The van der Waals surface area contributed by atoms with Crippen LogP contribution in [-0.4, -0.2) is 73.0 Å². The van der Waals surface area contributed by atoms with E-state index < -0.39 is 17.5 Å². The zero-order chi connectivity index (χ0) is 28.7. The highest BCUT2D eigenvalue weighted by molar-refractivity contribution is 5.91. The van der Waals surface area contributed by atoms with E-state index in [2.05, 4.69) is 28.1 Å². The van der Waals surface area contributed by atoms with Gasteiger partial charge in [0.25, 0.3) is 0 Å². The van der Waals surface area contributed by atoms with Crippen LogP contribution in [0.25, 0.3) is 0 Å². The minimum absolute atomic E-state index is 0.0150. The van der Waals surface area contributed by atoms with Crippen LogP contribution in [0.1, 0.15) is 58.4 Å². The van der Waals surface area contributed by atoms with E-state index in [4.69, 9.17) is 4.74 Å². The Hall–Kier alpha value is -3.20. The molecule has 3 N–H and O–H groups in total. The van der Waals surface area contributed by atoms with E-state index in [-0.39, 0.29) is 41.5 Å². The van der Waals surface area contributed by atoms with Crippen molar-refractivity contribution in [3.63, 3.8) is 0 Å². The van der Waals surface area contributed by atoms with Crippen LogP contribution in [0, 0.1) is 17.3 Å². The van der Waals surface area contributed by atoms with E-state index >= 15 is 0 Å². The van der Waals surface area contributed by atoms with Crippen molar-refractivity contribution in [1.82, 2.24) is 20.9 Å². The predicted molar refractivity (Wildman–Crippen MR) is 152 cm³/mol. The highest BCUT2D eigenvalue weighted by atomic mass is 16.5. The van der Waals surface area contributed by atoms with Crippen molar-refractivity contribution in [2.45, 2.75) is 77.4 Å². The third-order valence-electron chi connectivity index (χ3n) is 8.61. The molecule has 9 heteroatoms. The number of hydrogen-bond donors (Lipinski definition) is 3. The van der Waals surface area contributed by atoms with Gasteiger partial charge in [0.1, 0.15) is 12.1 Å². The summed E-state index contributed by atoms with van der Waals surface area (Å²) < 4.78 is 5.58. The Labute approximate surface area is 237 Å². The molecule has 4 atom stereocenters. The van der Waals surface area contributed by atoms with Gasteiger partial charge in [0.05, 0.1) is 5.41 Å². The number of piperidine rings is 1. The smallest absolute Gasteiger partial charge is 0.245 e. The minimum atomic E-state index is -0.705. The van der Waals surface area contributed by atoms with Crippen molar-refractivity contribution in [3.8, 4) is 0 Å². The summed E-state index contributed by atoms with van der Waals surface area (Å²) in [6, 6.07) is 8.32. The van der Waals surface area contributed by atoms with Crippen molar-refractivity contribution < 1.29 is 23.9 Å². The van der Waals surface area contributed by atoms with E-state index in [1.54, 1.807) is 0 Å². The third kappa shape index (κ3) is 7.30. The number of hydrogen-bond acceptors (Lipinski definition) is 5. The number of benzene rings is 1. The maximum Gasteiger partial charge on any atom is 0.245 e. The van der Waals surface area contributed by atoms with Crippen LogP contribution in [0.3, 0.4) is 0 Å². The van der Waals surface area contributed by atoms with Crippen LogP contribution in [-0.2, 0) is 30.3 Å². The molecule has 1 aromatic carbocycles. The zero-order valence-electron chi connectivity index (χ0n) is 24.0. The largest absolute Gasteiger partial charge is 0.381 e. The van der Waals surface area contributed by atoms with Gasteiger partial charge >= 0.3 is 0 Å². The maximum absolute atomic E-state index is 13.7. The average Bonchev–Trinajstić information content (AvgIpc) is 2.94. The lowest BCUT2D eigenvalue weighted by atomic mass is 9.75. The fourth-order valence-corrected chi connectivity index (χ4v) is 6.11. The van der Waals surface area contributed by atoms with Crippen LogP contribution in [0.5, 0.6) is 0 Å². The summed E-state index contributed by atoms with van der Waals surface area (Å²) in [7, 11) is 0. The fourth-order valence-electron chi connectivity index (χ4n) is 6.11. The van der Waals surface area contributed by atoms with Gasteiger partial charge in [0, 0.05) is 51.6 Å². The highest BCUT2D eigenvalue weighted by Gasteiger charge is 2.42. The zero-order valence-corrected chi connectivity index (χ0v) is 24.0. The number of nitrogens with zero attached hydrogens (tertiary/aromatic N) is 1. The van der Waals surface area contributed by atoms with Gasteiger partial charge in [-0.25, -0.2) is 0 Å². The fraction of sp³-hybridized carbons (Fsp3) is 0.613. The average molecular weight is 553 g/mol. The monoisotopic (exact) mass is 552 g/mol. The Balaban J connectivity index is 1.58. The molecule has 4 rings (SSSR count). The standard InChI is InChI=1S/C31H44N4O5/c1-21(2)27(32-22(3)36)29(38)35-16-12-25-24(20-35)11-7-8-13-31(14-17-40-18-15-31)30(39)34-26(28(37)33-25)19-23-9-5-4-6-10-23/h4-10,21,24-27H,11-20H2,1-3H3,(H,32,36)(H,33,37)(H,34,39)/b8-7+/t24-,25-,26+,27+/m0/s1. The molecule has 2 saturated heterocycles. The normalized spacial score (nSPS) is 26.9.